The van der Waals surface area contributed by atoms with Crippen LogP contribution in [0.2, 0.25) is 0 Å². The van der Waals surface area contributed by atoms with Crippen molar-refractivity contribution in [1.82, 2.24) is 9.80 Å². The van der Waals surface area contributed by atoms with E-state index in [1.165, 1.54) is 0 Å². The quantitative estimate of drug-likeness (QED) is 0.779. The van der Waals surface area contributed by atoms with Gasteiger partial charge in [0.15, 0.2) is 0 Å². The van der Waals surface area contributed by atoms with Gasteiger partial charge in [0.25, 0.3) is 0 Å². The lowest BCUT2D eigenvalue weighted by molar-refractivity contribution is -0.116. The number of carbonyl (C=O) groups is 2. The van der Waals surface area contributed by atoms with E-state index in [2.05, 4.69) is 10.2 Å². The van der Waals surface area contributed by atoms with Gasteiger partial charge in [-0.05, 0) is 44.2 Å². The number of likely N-dealkylation sites (tertiary alicyclic amines) is 2. The number of benzene rings is 1. The molecule has 0 unspecified atom stereocenters. The number of hydrogen-bond donors (Lipinski definition) is 2. The summed E-state index contributed by atoms with van der Waals surface area (Å²) in [6.07, 6.45) is 2.71. The Morgan fingerprint density at radius 2 is 2.00 bits per heavy atom. The molecule has 164 valence electrons. The third kappa shape index (κ3) is 4.70. The van der Waals surface area contributed by atoms with E-state index in [1.54, 1.807) is 4.90 Å². The van der Waals surface area contributed by atoms with E-state index < -0.39 is 6.10 Å². The second-order valence-corrected chi connectivity index (χ2v) is 8.29. The van der Waals surface area contributed by atoms with Crippen LogP contribution in [0.25, 0.3) is 0 Å². The van der Waals surface area contributed by atoms with E-state index in [1.807, 2.05) is 25.1 Å². The van der Waals surface area contributed by atoms with Crippen LogP contribution in [-0.2, 0) is 16.0 Å². The van der Waals surface area contributed by atoms with Gasteiger partial charge in [0.05, 0.1) is 6.61 Å². The summed E-state index contributed by atoms with van der Waals surface area (Å²) < 4.78 is 11.2. The van der Waals surface area contributed by atoms with Crippen molar-refractivity contribution in [3.05, 3.63) is 23.8 Å². The molecule has 8 nitrogen and oxygen atoms in total. The first-order valence-electron chi connectivity index (χ1n) is 11.0. The Morgan fingerprint density at radius 3 is 2.73 bits per heavy atom. The number of amides is 2. The number of rotatable bonds is 4. The zero-order valence-electron chi connectivity index (χ0n) is 17.5. The molecule has 0 aromatic heterocycles. The third-order valence-electron chi connectivity index (χ3n) is 6.32. The topological polar surface area (TPSA) is 91.3 Å². The van der Waals surface area contributed by atoms with E-state index in [0.717, 1.165) is 43.5 Å². The monoisotopic (exact) mass is 417 g/mol. The van der Waals surface area contributed by atoms with Crippen molar-refractivity contribution in [2.24, 2.45) is 0 Å². The zero-order chi connectivity index (χ0) is 21.1. The number of aryl methyl sites for hydroxylation is 1. The number of carbonyl (C=O) groups excluding carboxylic acids is 2. The summed E-state index contributed by atoms with van der Waals surface area (Å²) >= 11 is 0. The van der Waals surface area contributed by atoms with Crippen molar-refractivity contribution in [2.45, 2.75) is 57.3 Å². The van der Waals surface area contributed by atoms with Crippen LogP contribution in [-0.4, -0.2) is 77.9 Å². The average Bonchev–Trinajstić information content (AvgIpc) is 2.75. The number of anilines is 1. The molecule has 3 heterocycles. The summed E-state index contributed by atoms with van der Waals surface area (Å²) in [5.74, 6) is 0.707. The standard InChI is InChI=1S/C22H31N3O5/c1-2-29-22(28)24-10-7-16(8-11-24)25-12-9-20(19(26)14-25)30-17-5-3-15-4-6-21(27)23-18(15)13-17/h3,5,13,16,19-20,26H,2,4,6-12,14H2,1H3,(H,23,27)/t19-,20-/m1/s1. The van der Waals surface area contributed by atoms with Gasteiger partial charge >= 0.3 is 6.09 Å². The number of ether oxygens (including phenoxy) is 2. The summed E-state index contributed by atoms with van der Waals surface area (Å²) in [5, 5.41) is 13.6. The number of fused-ring (bicyclic) bond motifs is 1. The Kier molecular flexibility index (Phi) is 6.43. The molecule has 2 atom stereocenters. The highest BCUT2D eigenvalue weighted by atomic mass is 16.6. The minimum absolute atomic E-state index is 0.0296. The van der Waals surface area contributed by atoms with Crippen LogP contribution in [0.15, 0.2) is 18.2 Å². The molecule has 2 N–H and O–H groups in total. The Balaban J connectivity index is 1.28. The lowest BCUT2D eigenvalue weighted by Crippen LogP contribution is -2.55. The summed E-state index contributed by atoms with van der Waals surface area (Å²) in [6, 6.07) is 6.13. The molecule has 30 heavy (non-hydrogen) atoms. The molecule has 0 bridgehead atoms. The van der Waals surface area contributed by atoms with Crippen LogP contribution in [0.5, 0.6) is 5.75 Å². The molecule has 4 rings (SSSR count). The van der Waals surface area contributed by atoms with E-state index in [0.29, 0.717) is 44.5 Å². The van der Waals surface area contributed by atoms with Crippen molar-refractivity contribution in [1.29, 1.82) is 0 Å². The van der Waals surface area contributed by atoms with E-state index >= 15 is 0 Å². The number of hydrogen-bond acceptors (Lipinski definition) is 6. The van der Waals surface area contributed by atoms with Gasteiger partial charge < -0.3 is 24.8 Å². The number of aliphatic hydroxyl groups is 1. The highest BCUT2D eigenvalue weighted by Crippen LogP contribution is 2.29. The predicted molar refractivity (Wildman–Crippen MR) is 112 cm³/mol. The number of nitrogens with zero attached hydrogens (tertiary/aromatic N) is 2. The largest absolute Gasteiger partial charge is 0.488 e. The fourth-order valence-electron chi connectivity index (χ4n) is 4.63. The van der Waals surface area contributed by atoms with Gasteiger partial charge in [0.1, 0.15) is 18.0 Å². The second kappa shape index (κ2) is 9.22. The maximum absolute atomic E-state index is 11.9. The van der Waals surface area contributed by atoms with Crippen molar-refractivity contribution < 1.29 is 24.2 Å². The fraction of sp³-hybridized carbons (Fsp3) is 0.636. The minimum atomic E-state index is -0.576. The van der Waals surface area contributed by atoms with Gasteiger partial charge in [0, 0.05) is 50.4 Å². The number of aliphatic hydroxyl groups excluding tert-OH is 1. The minimum Gasteiger partial charge on any atom is -0.488 e. The first-order chi connectivity index (χ1) is 14.5. The van der Waals surface area contributed by atoms with E-state index in [-0.39, 0.29) is 18.1 Å². The van der Waals surface area contributed by atoms with Crippen molar-refractivity contribution in [3.8, 4) is 5.75 Å². The Morgan fingerprint density at radius 1 is 1.20 bits per heavy atom. The molecular formula is C22H31N3O5. The fourth-order valence-corrected chi connectivity index (χ4v) is 4.63. The number of nitrogens with one attached hydrogen (secondary N) is 1. The smallest absolute Gasteiger partial charge is 0.409 e. The van der Waals surface area contributed by atoms with Crippen molar-refractivity contribution in [3.63, 3.8) is 0 Å². The van der Waals surface area contributed by atoms with Gasteiger partial charge in [-0.3, -0.25) is 9.69 Å². The van der Waals surface area contributed by atoms with Gasteiger partial charge in [0.2, 0.25) is 5.91 Å². The van der Waals surface area contributed by atoms with Crippen molar-refractivity contribution in [2.75, 3.05) is 38.1 Å². The van der Waals surface area contributed by atoms with Crippen LogP contribution >= 0.6 is 0 Å². The Labute approximate surface area is 177 Å². The van der Waals surface area contributed by atoms with E-state index in [9.17, 15) is 14.7 Å². The Bertz CT molecular complexity index is 778. The molecule has 8 heteroatoms. The maximum Gasteiger partial charge on any atom is 0.409 e. The molecule has 0 radical (unpaired) electrons. The molecule has 0 saturated carbocycles. The van der Waals surface area contributed by atoms with Crippen molar-refractivity contribution >= 4 is 17.7 Å². The summed E-state index contributed by atoms with van der Waals surface area (Å²) in [4.78, 5) is 27.6. The molecule has 2 amide bonds. The summed E-state index contributed by atoms with van der Waals surface area (Å²) in [6.45, 7) is 5.02. The molecule has 1 aromatic carbocycles. The lowest BCUT2D eigenvalue weighted by atomic mass is 9.97. The molecule has 3 aliphatic heterocycles. The first kappa shape index (κ1) is 20.9. The van der Waals surface area contributed by atoms with Crippen LogP contribution < -0.4 is 10.1 Å². The highest BCUT2D eigenvalue weighted by molar-refractivity contribution is 5.94. The first-order valence-corrected chi connectivity index (χ1v) is 11.0. The van der Waals surface area contributed by atoms with Gasteiger partial charge in [-0.1, -0.05) is 6.07 Å². The van der Waals surface area contributed by atoms with Crippen LogP contribution in [0.3, 0.4) is 0 Å². The molecule has 3 aliphatic rings. The van der Waals surface area contributed by atoms with Crippen LogP contribution in [0.1, 0.15) is 38.2 Å². The van der Waals surface area contributed by atoms with E-state index in [4.69, 9.17) is 9.47 Å². The van der Waals surface area contributed by atoms with Gasteiger partial charge in [-0.2, -0.15) is 0 Å². The van der Waals surface area contributed by atoms with Crippen LogP contribution in [0.4, 0.5) is 10.5 Å². The predicted octanol–water partition coefficient (Wildman–Crippen LogP) is 2.01. The van der Waals surface area contributed by atoms with Gasteiger partial charge in [-0.15, -0.1) is 0 Å². The molecule has 2 saturated heterocycles. The maximum atomic E-state index is 11.9. The molecule has 1 aromatic rings. The second-order valence-electron chi connectivity index (χ2n) is 8.29. The number of piperidine rings is 2. The normalized spacial score (nSPS) is 25.4. The SMILES string of the molecule is CCOC(=O)N1CCC(N2CC[C@@H](Oc3ccc4c(c3)NC(=O)CC4)[C@H](O)C2)CC1. The summed E-state index contributed by atoms with van der Waals surface area (Å²) in [5.41, 5.74) is 1.93. The average molecular weight is 418 g/mol. The van der Waals surface area contributed by atoms with Gasteiger partial charge in [-0.25, -0.2) is 4.79 Å². The molecule has 2 fully saturated rings. The lowest BCUT2D eigenvalue weighted by Gasteiger charge is -2.43. The molecule has 0 aliphatic carbocycles. The third-order valence-corrected chi connectivity index (χ3v) is 6.32. The molecular weight excluding hydrogens is 386 g/mol. The summed E-state index contributed by atoms with van der Waals surface area (Å²) in [7, 11) is 0. The molecule has 0 spiro atoms. The van der Waals surface area contributed by atoms with Crippen LogP contribution in [0, 0.1) is 0 Å². The zero-order valence-corrected chi connectivity index (χ0v) is 17.5. The number of β-amino-alcohol motifs (C(OH)–C–C–N with tert-alkyl or cyclic N) is 1. The Hall–Kier alpha value is -2.32. The highest BCUT2D eigenvalue weighted by Gasteiger charge is 2.35.